The van der Waals surface area contributed by atoms with Crippen LogP contribution in [0.15, 0.2) is 24.3 Å². The van der Waals surface area contributed by atoms with Crippen LogP contribution in [-0.2, 0) is 20.9 Å². The van der Waals surface area contributed by atoms with Crippen molar-refractivity contribution in [1.82, 2.24) is 4.90 Å². The molecule has 0 bridgehead atoms. The molecule has 0 spiro atoms. The summed E-state index contributed by atoms with van der Waals surface area (Å²) in [7, 11) is 3.12. The number of carboxylic acids is 1. The van der Waals surface area contributed by atoms with E-state index < -0.39 is 18.0 Å². The minimum absolute atomic E-state index is 0.121. The molecule has 0 saturated heterocycles. The zero-order chi connectivity index (χ0) is 18.8. The number of aliphatic carboxylic acids is 1. The predicted molar refractivity (Wildman–Crippen MR) is 94.7 cm³/mol. The normalized spacial score (nSPS) is 11.5. The summed E-state index contributed by atoms with van der Waals surface area (Å²) in [6.07, 6.45) is -0.275. The number of methoxy groups -OCH3 is 1. The molecule has 1 N–H and O–H groups in total. The summed E-state index contributed by atoms with van der Waals surface area (Å²) in [5, 5.41) is 9.04. The van der Waals surface area contributed by atoms with Crippen LogP contribution >= 0.6 is 11.8 Å². The van der Waals surface area contributed by atoms with E-state index in [9.17, 15) is 14.4 Å². The van der Waals surface area contributed by atoms with Gasteiger partial charge in [-0.2, -0.15) is 0 Å². The zero-order valence-electron chi connectivity index (χ0n) is 14.6. The first kappa shape index (κ1) is 20.8. The number of nitrogens with zero attached hydrogens (tertiary/aromatic N) is 1. The average molecular weight is 369 g/mol. The highest BCUT2D eigenvalue weighted by Gasteiger charge is 2.20. The lowest BCUT2D eigenvalue weighted by Crippen LogP contribution is -2.31. The number of hydrogen-bond acceptors (Lipinski definition) is 6. The standard InChI is InChI=1S/C17H23NO6S/c1-12(19)25-11-14(16(20)21)8-9-18(2)17(22)24-10-13-4-6-15(23-3)7-5-13/h4-7,14H,8-11H2,1-3H3,(H,20,21). The summed E-state index contributed by atoms with van der Waals surface area (Å²) >= 11 is 0.974. The van der Waals surface area contributed by atoms with Crippen LogP contribution < -0.4 is 4.74 Å². The van der Waals surface area contributed by atoms with Crippen LogP contribution in [0.1, 0.15) is 18.9 Å². The molecule has 25 heavy (non-hydrogen) atoms. The summed E-state index contributed by atoms with van der Waals surface area (Å²) in [6.45, 7) is 1.75. The Morgan fingerprint density at radius 3 is 2.40 bits per heavy atom. The quantitative estimate of drug-likeness (QED) is 0.715. The third-order valence-electron chi connectivity index (χ3n) is 3.48. The first-order valence-electron chi connectivity index (χ1n) is 7.70. The topological polar surface area (TPSA) is 93.1 Å². The first-order valence-corrected chi connectivity index (χ1v) is 8.69. The van der Waals surface area contributed by atoms with Crippen LogP contribution in [0.4, 0.5) is 4.79 Å². The van der Waals surface area contributed by atoms with Crippen molar-refractivity contribution in [2.75, 3.05) is 26.5 Å². The minimum Gasteiger partial charge on any atom is -0.497 e. The maximum atomic E-state index is 12.0. The molecule has 0 heterocycles. The van der Waals surface area contributed by atoms with Gasteiger partial charge in [0.15, 0.2) is 5.12 Å². The van der Waals surface area contributed by atoms with E-state index >= 15 is 0 Å². The van der Waals surface area contributed by atoms with E-state index in [2.05, 4.69) is 0 Å². The smallest absolute Gasteiger partial charge is 0.409 e. The van der Waals surface area contributed by atoms with Crippen LogP contribution in [0, 0.1) is 5.92 Å². The molecule has 1 amide bonds. The number of thioether (sulfide) groups is 1. The highest BCUT2D eigenvalue weighted by molar-refractivity contribution is 8.13. The Labute approximate surface area is 151 Å². The van der Waals surface area contributed by atoms with Crippen LogP contribution in [0.5, 0.6) is 5.75 Å². The molecule has 0 saturated carbocycles. The van der Waals surface area contributed by atoms with Gasteiger partial charge >= 0.3 is 12.1 Å². The summed E-state index contributed by atoms with van der Waals surface area (Å²) < 4.78 is 10.2. The van der Waals surface area contributed by atoms with Gasteiger partial charge in [0.1, 0.15) is 12.4 Å². The molecule has 1 atom stereocenters. The second-order valence-corrected chi connectivity index (χ2v) is 6.65. The molecule has 0 fully saturated rings. The Morgan fingerprint density at radius 1 is 1.24 bits per heavy atom. The van der Waals surface area contributed by atoms with Gasteiger partial charge in [0, 0.05) is 26.3 Å². The number of amides is 1. The second kappa shape index (κ2) is 10.6. The van der Waals surface area contributed by atoms with Crippen molar-refractivity contribution in [3.63, 3.8) is 0 Å². The number of benzene rings is 1. The summed E-state index contributed by atoms with van der Waals surface area (Å²) in [6, 6.07) is 7.14. The highest BCUT2D eigenvalue weighted by Crippen LogP contribution is 2.15. The van der Waals surface area contributed by atoms with E-state index in [1.165, 1.54) is 11.8 Å². The van der Waals surface area contributed by atoms with Gasteiger partial charge in [-0.15, -0.1) is 0 Å². The van der Waals surface area contributed by atoms with Crippen molar-refractivity contribution in [1.29, 1.82) is 0 Å². The Balaban J connectivity index is 2.41. The average Bonchev–Trinajstić information content (AvgIpc) is 2.59. The first-order chi connectivity index (χ1) is 11.8. The number of carbonyl (C=O) groups excluding carboxylic acids is 2. The van der Waals surface area contributed by atoms with Gasteiger partial charge in [-0.3, -0.25) is 9.59 Å². The lowest BCUT2D eigenvalue weighted by Gasteiger charge is -2.19. The molecule has 0 aliphatic heterocycles. The van der Waals surface area contributed by atoms with Crippen molar-refractivity contribution in [2.45, 2.75) is 20.0 Å². The third-order valence-corrected chi connectivity index (χ3v) is 4.46. The van der Waals surface area contributed by atoms with Crippen molar-refractivity contribution in [3.05, 3.63) is 29.8 Å². The predicted octanol–water partition coefficient (Wildman–Crippen LogP) is 2.63. The molecule has 1 rings (SSSR count). The number of rotatable bonds is 9. The summed E-state index contributed by atoms with van der Waals surface area (Å²) in [5.41, 5.74) is 0.823. The van der Waals surface area contributed by atoms with Gasteiger partial charge in [-0.1, -0.05) is 23.9 Å². The molecule has 0 radical (unpaired) electrons. The van der Waals surface area contributed by atoms with Crippen molar-refractivity contribution >= 4 is 28.9 Å². The molecule has 1 unspecified atom stereocenters. The molecule has 0 aliphatic rings. The Kier molecular flexibility index (Phi) is 8.83. The van der Waals surface area contributed by atoms with Crippen LogP contribution in [0.3, 0.4) is 0 Å². The molecular formula is C17H23NO6S. The van der Waals surface area contributed by atoms with Gasteiger partial charge in [0.2, 0.25) is 0 Å². The molecule has 7 nitrogen and oxygen atoms in total. The number of carboxylic acid groups (broad SMARTS) is 1. The fraction of sp³-hybridized carbons (Fsp3) is 0.471. The number of ether oxygens (including phenoxy) is 2. The van der Waals surface area contributed by atoms with E-state index in [4.69, 9.17) is 14.6 Å². The van der Waals surface area contributed by atoms with Gasteiger partial charge in [0.25, 0.3) is 0 Å². The van der Waals surface area contributed by atoms with E-state index in [0.717, 1.165) is 23.1 Å². The van der Waals surface area contributed by atoms with Crippen LogP contribution in [0.2, 0.25) is 0 Å². The molecule has 138 valence electrons. The largest absolute Gasteiger partial charge is 0.497 e. The molecule has 8 heteroatoms. The molecule has 0 aromatic heterocycles. The van der Waals surface area contributed by atoms with E-state index in [0.29, 0.717) is 0 Å². The van der Waals surface area contributed by atoms with E-state index in [1.54, 1.807) is 38.4 Å². The SMILES string of the molecule is COc1ccc(COC(=O)N(C)CCC(CSC(C)=O)C(=O)O)cc1. The lowest BCUT2D eigenvalue weighted by molar-refractivity contribution is -0.141. The Hall–Kier alpha value is -2.22. The maximum absolute atomic E-state index is 12.0. The van der Waals surface area contributed by atoms with Crippen molar-refractivity contribution in [2.24, 2.45) is 5.92 Å². The fourth-order valence-electron chi connectivity index (χ4n) is 1.91. The lowest BCUT2D eigenvalue weighted by atomic mass is 10.1. The van der Waals surface area contributed by atoms with Crippen LogP contribution in [0.25, 0.3) is 0 Å². The number of hydrogen-bond donors (Lipinski definition) is 1. The van der Waals surface area contributed by atoms with Gasteiger partial charge in [-0.05, 0) is 24.1 Å². The van der Waals surface area contributed by atoms with Crippen LogP contribution in [-0.4, -0.2) is 53.6 Å². The number of carbonyl (C=O) groups is 3. The van der Waals surface area contributed by atoms with Crippen molar-refractivity contribution in [3.8, 4) is 5.75 Å². The second-order valence-electron chi connectivity index (χ2n) is 5.45. The maximum Gasteiger partial charge on any atom is 0.409 e. The van der Waals surface area contributed by atoms with E-state index in [-0.39, 0.29) is 30.4 Å². The van der Waals surface area contributed by atoms with Crippen molar-refractivity contribution < 1.29 is 29.0 Å². The highest BCUT2D eigenvalue weighted by atomic mass is 32.2. The van der Waals surface area contributed by atoms with Gasteiger partial charge in [-0.25, -0.2) is 4.79 Å². The molecule has 0 aliphatic carbocycles. The summed E-state index contributed by atoms with van der Waals surface area (Å²) in [4.78, 5) is 35.4. The third kappa shape index (κ3) is 7.93. The molecular weight excluding hydrogens is 346 g/mol. The Morgan fingerprint density at radius 2 is 1.88 bits per heavy atom. The van der Waals surface area contributed by atoms with E-state index in [1.807, 2.05) is 0 Å². The molecule has 1 aromatic carbocycles. The molecule has 1 aromatic rings. The van der Waals surface area contributed by atoms with Gasteiger partial charge < -0.3 is 19.5 Å². The monoisotopic (exact) mass is 369 g/mol. The summed E-state index contributed by atoms with van der Waals surface area (Å²) in [5.74, 6) is -0.755. The Bertz CT molecular complexity index is 589. The zero-order valence-corrected chi connectivity index (χ0v) is 15.4. The minimum atomic E-state index is -0.978. The van der Waals surface area contributed by atoms with Gasteiger partial charge in [0.05, 0.1) is 13.0 Å². The fourth-order valence-corrected chi connectivity index (χ4v) is 2.66.